The summed E-state index contributed by atoms with van der Waals surface area (Å²) in [5, 5.41) is 0. The molecule has 0 aliphatic rings. The van der Waals surface area contributed by atoms with Crippen molar-refractivity contribution in [2.75, 3.05) is 14.2 Å². The molecule has 3 rings (SSSR count). The lowest BCUT2D eigenvalue weighted by molar-refractivity contribution is 0.0593. The van der Waals surface area contributed by atoms with Gasteiger partial charge in [-0.25, -0.2) is 14.4 Å². The molecule has 7 heteroatoms. The van der Waals surface area contributed by atoms with E-state index < -0.39 is 17.9 Å². The Morgan fingerprint density at radius 1 is 0.714 bits per heavy atom. The van der Waals surface area contributed by atoms with E-state index in [2.05, 4.69) is 9.47 Å². The smallest absolute Gasteiger partial charge is 0.343 e. The number of carbonyl (C=O) groups excluding carboxylic acids is 3. The Hall–Kier alpha value is -3.87. The third-order valence-electron chi connectivity index (χ3n) is 3.94. The maximum Gasteiger partial charge on any atom is 0.343 e. The number of hydrogen-bond acceptors (Lipinski definition) is 6. The third kappa shape index (κ3) is 4.09. The number of carbonyl (C=O) groups is 3. The molecule has 0 bridgehead atoms. The standard InChI is InChI=1S/C21H17NO6/c1-26-19(23)15-10-16(20(24)27-2)13-18(12-15)28-21(25)14-6-5-7-17(11-14)22-8-3-4-9-22/h3-13H,1-2H3. The molecule has 0 aliphatic carbocycles. The molecule has 0 saturated carbocycles. The molecule has 0 saturated heterocycles. The Labute approximate surface area is 161 Å². The molecule has 0 unspecified atom stereocenters. The Kier molecular flexibility index (Phi) is 5.55. The van der Waals surface area contributed by atoms with E-state index in [0.717, 1.165) is 5.69 Å². The van der Waals surface area contributed by atoms with Crippen LogP contribution in [-0.2, 0) is 9.47 Å². The fraction of sp³-hybridized carbons (Fsp3) is 0.0952. The van der Waals surface area contributed by atoms with Gasteiger partial charge < -0.3 is 18.8 Å². The molecular formula is C21H17NO6. The van der Waals surface area contributed by atoms with Gasteiger partial charge in [0.15, 0.2) is 0 Å². The fourth-order valence-electron chi connectivity index (χ4n) is 2.60. The second-order valence-corrected chi connectivity index (χ2v) is 5.76. The number of rotatable bonds is 5. The minimum atomic E-state index is -0.669. The monoisotopic (exact) mass is 379 g/mol. The molecule has 0 amide bonds. The number of esters is 3. The summed E-state index contributed by atoms with van der Waals surface area (Å²) in [7, 11) is 2.43. The van der Waals surface area contributed by atoms with Crippen LogP contribution in [0.2, 0.25) is 0 Å². The zero-order valence-corrected chi connectivity index (χ0v) is 15.2. The first-order chi connectivity index (χ1) is 13.5. The van der Waals surface area contributed by atoms with Crippen molar-refractivity contribution in [1.82, 2.24) is 4.57 Å². The van der Waals surface area contributed by atoms with Gasteiger partial charge in [0.25, 0.3) is 0 Å². The van der Waals surface area contributed by atoms with Crippen LogP contribution in [0.25, 0.3) is 5.69 Å². The lowest BCUT2D eigenvalue weighted by Crippen LogP contribution is -2.12. The van der Waals surface area contributed by atoms with Crippen LogP contribution in [0.15, 0.2) is 67.0 Å². The van der Waals surface area contributed by atoms with Crippen molar-refractivity contribution in [2.45, 2.75) is 0 Å². The van der Waals surface area contributed by atoms with Crippen molar-refractivity contribution in [3.63, 3.8) is 0 Å². The van der Waals surface area contributed by atoms with E-state index in [1.807, 2.05) is 35.2 Å². The Morgan fingerprint density at radius 3 is 1.89 bits per heavy atom. The lowest BCUT2D eigenvalue weighted by Gasteiger charge is -2.10. The molecule has 0 spiro atoms. The summed E-state index contributed by atoms with van der Waals surface area (Å²) in [6.45, 7) is 0. The molecule has 0 atom stereocenters. The predicted octanol–water partition coefficient (Wildman–Crippen LogP) is 3.27. The Balaban J connectivity index is 1.90. The highest BCUT2D eigenvalue weighted by atomic mass is 16.5. The van der Waals surface area contributed by atoms with Gasteiger partial charge >= 0.3 is 17.9 Å². The van der Waals surface area contributed by atoms with Crippen molar-refractivity contribution in [3.8, 4) is 11.4 Å². The van der Waals surface area contributed by atoms with E-state index >= 15 is 0 Å². The van der Waals surface area contributed by atoms with E-state index in [1.54, 1.807) is 18.2 Å². The molecule has 2 aromatic carbocycles. The molecule has 28 heavy (non-hydrogen) atoms. The first-order valence-electron chi connectivity index (χ1n) is 8.29. The molecule has 0 fully saturated rings. The highest BCUT2D eigenvalue weighted by Gasteiger charge is 2.17. The summed E-state index contributed by atoms with van der Waals surface area (Å²) in [5.41, 5.74) is 1.23. The SMILES string of the molecule is COC(=O)c1cc(OC(=O)c2cccc(-n3cccc3)c2)cc(C(=O)OC)c1. The summed E-state index contributed by atoms with van der Waals surface area (Å²) in [6.07, 6.45) is 3.71. The van der Waals surface area contributed by atoms with E-state index in [4.69, 9.17) is 4.74 Å². The minimum Gasteiger partial charge on any atom is -0.465 e. The van der Waals surface area contributed by atoms with E-state index in [0.29, 0.717) is 5.56 Å². The summed E-state index contributed by atoms with van der Waals surface area (Å²) >= 11 is 0. The molecule has 3 aromatic rings. The molecule has 0 aliphatic heterocycles. The summed E-state index contributed by atoms with van der Waals surface area (Å²) < 4.78 is 16.6. The van der Waals surface area contributed by atoms with Crippen molar-refractivity contribution in [3.05, 3.63) is 83.7 Å². The van der Waals surface area contributed by atoms with Crippen molar-refractivity contribution in [1.29, 1.82) is 0 Å². The van der Waals surface area contributed by atoms with E-state index in [-0.39, 0.29) is 16.9 Å². The molecular weight excluding hydrogens is 362 g/mol. The number of benzene rings is 2. The molecule has 142 valence electrons. The van der Waals surface area contributed by atoms with Crippen LogP contribution < -0.4 is 4.74 Å². The molecule has 0 radical (unpaired) electrons. The van der Waals surface area contributed by atoms with Gasteiger partial charge in [-0.05, 0) is 48.5 Å². The summed E-state index contributed by atoms with van der Waals surface area (Å²) in [4.78, 5) is 36.3. The molecule has 1 aromatic heterocycles. The van der Waals surface area contributed by atoms with E-state index in [9.17, 15) is 14.4 Å². The van der Waals surface area contributed by atoms with Crippen LogP contribution >= 0.6 is 0 Å². The van der Waals surface area contributed by atoms with Gasteiger partial charge in [-0.2, -0.15) is 0 Å². The summed E-state index contributed by atoms with van der Waals surface area (Å²) in [6, 6.07) is 14.6. The van der Waals surface area contributed by atoms with Gasteiger partial charge in [0.2, 0.25) is 0 Å². The van der Waals surface area contributed by atoms with Crippen molar-refractivity contribution in [2.24, 2.45) is 0 Å². The third-order valence-corrected chi connectivity index (χ3v) is 3.94. The molecule has 1 heterocycles. The number of aromatic nitrogens is 1. The van der Waals surface area contributed by atoms with Crippen LogP contribution in [0.1, 0.15) is 31.1 Å². The van der Waals surface area contributed by atoms with Gasteiger partial charge in [-0.15, -0.1) is 0 Å². The van der Waals surface area contributed by atoms with Crippen molar-refractivity contribution < 1.29 is 28.6 Å². The Bertz CT molecular complexity index is 989. The average Bonchev–Trinajstić information content (AvgIpc) is 3.27. The van der Waals surface area contributed by atoms with Crippen LogP contribution in [0.5, 0.6) is 5.75 Å². The normalized spacial score (nSPS) is 10.2. The van der Waals surface area contributed by atoms with Gasteiger partial charge in [-0.3, -0.25) is 0 Å². The maximum atomic E-state index is 12.6. The average molecular weight is 379 g/mol. The summed E-state index contributed by atoms with van der Waals surface area (Å²) in [5.74, 6) is -1.94. The molecule has 0 N–H and O–H groups in total. The number of methoxy groups -OCH3 is 2. The molecule has 7 nitrogen and oxygen atoms in total. The van der Waals surface area contributed by atoms with Gasteiger partial charge in [0.1, 0.15) is 5.75 Å². The lowest BCUT2D eigenvalue weighted by atomic mass is 10.1. The Morgan fingerprint density at radius 2 is 1.32 bits per heavy atom. The number of ether oxygens (including phenoxy) is 3. The predicted molar refractivity (Wildman–Crippen MR) is 99.8 cm³/mol. The van der Waals surface area contributed by atoms with Crippen LogP contribution in [0.4, 0.5) is 0 Å². The van der Waals surface area contributed by atoms with Crippen LogP contribution in [0, 0.1) is 0 Å². The highest BCUT2D eigenvalue weighted by Crippen LogP contribution is 2.21. The first kappa shape index (κ1) is 18.9. The van der Waals surface area contributed by atoms with Gasteiger partial charge in [-0.1, -0.05) is 6.07 Å². The number of nitrogens with zero attached hydrogens (tertiary/aromatic N) is 1. The van der Waals surface area contributed by atoms with E-state index in [1.165, 1.54) is 32.4 Å². The number of hydrogen-bond donors (Lipinski definition) is 0. The zero-order chi connectivity index (χ0) is 20.1. The zero-order valence-electron chi connectivity index (χ0n) is 15.2. The van der Waals surface area contributed by atoms with Crippen LogP contribution in [0.3, 0.4) is 0 Å². The second kappa shape index (κ2) is 8.22. The quantitative estimate of drug-likeness (QED) is 0.500. The maximum absolute atomic E-state index is 12.6. The van der Waals surface area contributed by atoms with Gasteiger partial charge in [0, 0.05) is 18.1 Å². The van der Waals surface area contributed by atoms with Crippen LogP contribution in [-0.4, -0.2) is 36.7 Å². The van der Waals surface area contributed by atoms with Crippen molar-refractivity contribution >= 4 is 17.9 Å². The minimum absolute atomic E-state index is 0.0275. The first-order valence-corrected chi connectivity index (χ1v) is 8.29. The topological polar surface area (TPSA) is 83.8 Å². The second-order valence-electron chi connectivity index (χ2n) is 5.76. The highest BCUT2D eigenvalue weighted by molar-refractivity contribution is 5.97. The largest absolute Gasteiger partial charge is 0.465 e. The van der Waals surface area contributed by atoms with Gasteiger partial charge in [0.05, 0.1) is 30.9 Å². The fourth-order valence-corrected chi connectivity index (χ4v) is 2.60.